The van der Waals surface area contributed by atoms with Crippen molar-refractivity contribution < 1.29 is 4.79 Å². The van der Waals surface area contributed by atoms with E-state index >= 15 is 0 Å². The first-order valence-electron chi connectivity index (χ1n) is 9.80. The Labute approximate surface area is 167 Å². The third-order valence-electron chi connectivity index (χ3n) is 5.30. The fourth-order valence-electron chi connectivity index (χ4n) is 3.86. The molecule has 0 saturated carbocycles. The molecule has 5 rings (SSSR count). The van der Waals surface area contributed by atoms with Crippen LogP contribution in [0.1, 0.15) is 18.7 Å². The maximum Gasteiger partial charge on any atom is 0.241 e. The minimum atomic E-state index is -0.0204. The van der Waals surface area contributed by atoms with E-state index in [9.17, 15) is 4.79 Å². The average molecular weight is 387 g/mol. The summed E-state index contributed by atoms with van der Waals surface area (Å²) in [6, 6.07) is 11.9. The van der Waals surface area contributed by atoms with E-state index in [4.69, 9.17) is 0 Å². The van der Waals surface area contributed by atoms with Crippen LogP contribution in [-0.2, 0) is 24.3 Å². The summed E-state index contributed by atoms with van der Waals surface area (Å²) in [5.41, 5.74) is 1.86. The Morgan fingerprint density at radius 2 is 2.07 bits per heavy atom. The molecule has 1 aliphatic heterocycles. The second-order valence-electron chi connectivity index (χ2n) is 7.31. The van der Waals surface area contributed by atoms with Crippen molar-refractivity contribution in [2.24, 2.45) is 0 Å². The molecule has 4 heterocycles. The van der Waals surface area contributed by atoms with Gasteiger partial charge in [-0.1, -0.05) is 18.2 Å². The molecule has 0 bridgehead atoms. The molecule has 8 nitrogen and oxygen atoms in total. The topological polar surface area (TPSA) is 90.5 Å². The summed E-state index contributed by atoms with van der Waals surface area (Å²) >= 11 is 0. The molecule has 29 heavy (non-hydrogen) atoms. The second kappa shape index (κ2) is 7.46. The number of aryl methyl sites for hydroxylation is 1. The van der Waals surface area contributed by atoms with E-state index in [0.29, 0.717) is 0 Å². The third-order valence-corrected chi connectivity index (χ3v) is 5.30. The Hall–Kier alpha value is -3.55. The van der Waals surface area contributed by atoms with E-state index in [2.05, 4.69) is 30.2 Å². The molecular weight excluding hydrogens is 366 g/mol. The molecule has 1 aromatic carbocycles. The van der Waals surface area contributed by atoms with Crippen molar-refractivity contribution >= 4 is 16.8 Å². The Morgan fingerprint density at radius 3 is 2.93 bits per heavy atom. The largest absolute Gasteiger partial charge is 0.352 e. The smallest absolute Gasteiger partial charge is 0.241 e. The maximum atomic E-state index is 12.6. The van der Waals surface area contributed by atoms with Gasteiger partial charge in [-0.2, -0.15) is 5.10 Å². The zero-order valence-electron chi connectivity index (χ0n) is 15.9. The Morgan fingerprint density at radius 1 is 1.14 bits per heavy atom. The molecule has 1 amide bonds. The molecule has 1 atom stereocenters. The second-order valence-corrected chi connectivity index (χ2v) is 7.31. The van der Waals surface area contributed by atoms with Crippen molar-refractivity contribution in [3.63, 3.8) is 0 Å². The van der Waals surface area contributed by atoms with Gasteiger partial charge in [-0.05, 0) is 31.0 Å². The SMILES string of the molecule is O=C(Cn1cc2ccccc2n1)NC1CCc2nnc(-c3cccnc3)n2CC1. The molecule has 146 valence electrons. The molecule has 3 aromatic heterocycles. The summed E-state index contributed by atoms with van der Waals surface area (Å²) in [4.78, 5) is 16.7. The van der Waals surface area contributed by atoms with Crippen LogP contribution in [0.3, 0.4) is 0 Å². The number of aromatic nitrogens is 6. The minimum Gasteiger partial charge on any atom is -0.352 e. The lowest BCUT2D eigenvalue weighted by Gasteiger charge is -2.16. The lowest BCUT2D eigenvalue weighted by molar-refractivity contribution is -0.122. The summed E-state index contributed by atoms with van der Waals surface area (Å²) in [6.45, 7) is 0.987. The summed E-state index contributed by atoms with van der Waals surface area (Å²) in [7, 11) is 0. The Bertz CT molecular complexity index is 1120. The number of hydrogen-bond acceptors (Lipinski definition) is 5. The van der Waals surface area contributed by atoms with Crippen LogP contribution in [0.25, 0.3) is 22.3 Å². The molecule has 0 fully saturated rings. The van der Waals surface area contributed by atoms with E-state index < -0.39 is 0 Å². The molecule has 4 aromatic rings. The maximum absolute atomic E-state index is 12.6. The number of nitrogens with one attached hydrogen (secondary N) is 1. The Balaban J connectivity index is 1.24. The zero-order valence-corrected chi connectivity index (χ0v) is 15.9. The van der Waals surface area contributed by atoms with Gasteiger partial charge in [0.1, 0.15) is 12.4 Å². The number of rotatable bonds is 4. The van der Waals surface area contributed by atoms with Gasteiger partial charge in [-0.15, -0.1) is 10.2 Å². The van der Waals surface area contributed by atoms with Crippen LogP contribution < -0.4 is 5.32 Å². The molecule has 1 N–H and O–H groups in total. The monoisotopic (exact) mass is 387 g/mol. The van der Waals surface area contributed by atoms with E-state index in [0.717, 1.165) is 53.9 Å². The first kappa shape index (κ1) is 17.5. The van der Waals surface area contributed by atoms with Crippen molar-refractivity contribution in [2.75, 3.05) is 0 Å². The van der Waals surface area contributed by atoms with E-state index in [-0.39, 0.29) is 18.5 Å². The van der Waals surface area contributed by atoms with E-state index in [1.807, 2.05) is 42.6 Å². The predicted octanol–water partition coefficient (Wildman–Crippen LogP) is 2.21. The lowest BCUT2D eigenvalue weighted by Crippen LogP contribution is -2.37. The van der Waals surface area contributed by atoms with E-state index in [1.165, 1.54) is 0 Å². The van der Waals surface area contributed by atoms with Crippen LogP contribution >= 0.6 is 0 Å². The van der Waals surface area contributed by atoms with Gasteiger partial charge in [-0.3, -0.25) is 14.5 Å². The number of carbonyl (C=O) groups excluding carboxylic acids is 1. The molecule has 0 radical (unpaired) electrons. The highest BCUT2D eigenvalue weighted by molar-refractivity contribution is 5.79. The number of nitrogens with zero attached hydrogens (tertiary/aromatic N) is 6. The highest BCUT2D eigenvalue weighted by atomic mass is 16.2. The molecular formula is C21H21N7O. The highest BCUT2D eigenvalue weighted by Gasteiger charge is 2.22. The number of carbonyl (C=O) groups is 1. The number of hydrogen-bond donors (Lipinski definition) is 1. The molecule has 1 aliphatic rings. The van der Waals surface area contributed by atoms with Crippen molar-refractivity contribution in [1.82, 2.24) is 34.8 Å². The van der Waals surface area contributed by atoms with Gasteiger partial charge < -0.3 is 9.88 Å². The first-order valence-corrected chi connectivity index (χ1v) is 9.80. The molecule has 0 aliphatic carbocycles. The summed E-state index contributed by atoms with van der Waals surface area (Å²) < 4.78 is 3.84. The van der Waals surface area contributed by atoms with Gasteiger partial charge in [-0.25, -0.2) is 0 Å². The predicted molar refractivity (Wildman–Crippen MR) is 108 cm³/mol. The summed E-state index contributed by atoms with van der Waals surface area (Å²) in [5, 5.41) is 17.4. The standard InChI is InChI=1S/C21H21N7O/c29-20(14-27-13-16-4-1-2-6-18(16)26-27)23-17-7-8-19-24-25-21(28(19)11-9-17)15-5-3-10-22-12-15/h1-6,10,12-13,17H,7-9,11,14H2,(H,23,29). The fourth-order valence-corrected chi connectivity index (χ4v) is 3.86. The van der Waals surface area contributed by atoms with Crippen molar-refractivity contribution in [3.8, 4) is 11.4 Å². The number of pyridine rings is 1. The minimum absolute atomic E-state index is 0.0204. The third kappa shape index (κ3) is 3.61. The van der Waals surface area contributed by atoms with Gasteiger partial charge in [0.25, 0.3) is 0 Å². The van der Waals surface area contributed by atoms with Crippen LogP contribution in [0.4, 0.5) is 0 Å². The normalized spacial score (nSPS) is 16.3. The van der Waals surface area contributed by atoms with Gasteiger partial charge in [0.15, 0.2) is 5.82 Å². The van der Waals surface area contributed by atoms with Gasteiger partial charge in [0.2, 0.25) is 5.91 Å². The molecule has 1 unspecified atom stereocenters. The van der Waals surface area contributed by atoms with Crippen molar-refractivity contribution in [3.05, 3.63) is 60.8 Å². The van der Waals surface area contributed by atoms with Crippen LogP contribution in [0.2, 0.25) is 0 Å². The lowest BCUT2D eigenvalue weighted by atomic mass is 10.1. The number of fused-ring (bicyclic) bond motifs is 2. The first-order chi connectivity index (χ1) is 14.3. The van der Waals surface area contributed by atoms with E-state index in [1.54, 1.807) is 17.1 Å². The van der Waals surface area contributed by atoms with Crippen LogP contribution in [-0.4, -0.2) is 41.5 Å². The average Bonchev–Trinajstić information content (AvgIpc) is 3.28. The molecule has 0 saturated heterocycles. The van der Waals surface area contributed by atoms with Gasteiger partial charge in [0, 0.05) is 48.5 Å². The summed E-state index contributed by atoms with van der Waals surface area (Å²) in [6.07, 6.45) is 7.92. The number of amides is 1. The van der Waals surface area contributed by atoms with Crippen LogP contribution in [0.5, 0.6) is 0 Å². The Kier molecular flexibility index (Phi) is 4.51. The van der Waals surface area contributed by atoms with Gasteiger partial charge >= 0.3 is 0 Å². The molecule has 0 spiro atoms. The molecule has 8 heteroatoms. The highest BCUT2D eigenvalue weighted by Crippen LogP contribution is 2.22. The van der Waals surface area contributed by atoms with Crippen LogP contribution in [0, 0.1) is 0 Å². The number of benzene rings is 1. The van der Waals surface area contributed by atoms with Crippen molar-refractivity contribution in [2.45, 2.75) is 38.4 Å². The summed E-state index contributed by atoms with van der Waals surface area (Å²) in [5.74, 6) is 1.77. The van der Waals surface area contributed by atoms with Gasteiger partial charge in [0.05, 0.1) is 5.52 Å². The van der Waals surface area contributed by atoms with Crippen LogP contribution in [0.15, 0.2) is 55.0 Å². The zero-order chi connectivity index (χ0) is 19.6. The quantitative estimate of drug-likeness (QED) is 0.580. The fraction of sp³-hybridized carbons (Fsp3) is 0.286. The van der Waals surface area contributed by atoms with Crippen molar-refractivity contribution in [1.29, 1.82) is 0 Å².